The number of nitrogens with two attached hydrogens (primary N) is 1. The number of aromatic amines is 1. The third kappa shape index (κ3) is 2.35. The number of morpholine rings is 1. The van der Waals surface area contributed by atoms with Crippen LogP contribution in [0.15, 0.2) is 18.5 Å². The average Bonchev–Trinajstić information content (AvgIpc) is 2.72. The van der Waals surface area contributed by atoms with E-state index in [4.69, 9.17) is 10.5 Å². The fraction of sp³-hybridized carbons (Fsp3) is 0.600. The third-order valence-electron chi connectivity index (χ3n) is 2.61. The number of nitrogens with one attached hydrogen (secondary N) is 1. The Morgan fingerprint density at radius 2 is 2.29 bits per heavy atom. The Morgan fingerprint density at radius 1 is 1.50 bits per heavy atom. The molecule has 4 nitrogen and oxygen atoms in total. The molecule has 1 aliphatic heterocycles. The standard InChI is InChI=1S/C10H17N3O/c11-10(9-1-2-12-7-9)8-13-3-5-14-6-4-13/h1-2,7,10,12H,3-6,8,11H2. The van der Waals surface area contributed by atoms with Gasteiger partial charge >= 0.3 is 0 Å². The van der Waals surface area contributed by atoms with Gasteiger partial charge in [-0.05, 0) is 11.6 Å². The largest absolute Gasteiger partial charge is 0.379 e. The molecule has 3 N–H and O–H groups in total. The Bertz CT molecular complexity index is 254. The Labute approximate surface area is 84.0 Å². The van der Waals surface area contributed by atoms with E-state index < -0.39 is 0 Å². The lowest BCUT2D eigenvalue weighted by atomic mass is 10.1. The van der Waals surface area contributed by atoms with Gasteiger partial charge in [0.15, 0.2) is 0 Å². The first-order valence-corrected chi connectivity index (χ1v) is 5.04. The summed E-state index contributed by atoms with van der Waals surface area (Å²) in [5.41, 5.74) is 7.25. The molecule has 1 atom stereocenters. The number of ether oxygens (including phenoxy) is 1. The Balaban J connectivity index is 1.84. The van der Waals surface area contributed by atoms with Crippen molar-refractivity contribution >= 4 is 0 Å². The third-order valence-corrected chi connectivity index (χ3v) is 2.61. The van der Waals surface area contributed by atoms with Gasteiger partial charge in [0.25, 0.3) is 0 Å². The van der Waals surface area contributed by atoms with Crippen LogP contribution in [-0.4, -0.2) is 42.7 Å². The van der Waals surface area contributed by atoms with E-state index in [-0.39, 0.29) is 6.04 Å². The highest BCUT2D eigenvalue weighted by Crippen LogP contribution is 2.11. The highest BCUT2D eigenvalue weighted by Gasteiger charge is 2.14. The SMILES string of the molecule is NC(CN1CCOCC1)c1cc[nH]c1. The molecule has 1 aliphatic rings. The number of hydrogen-bond acceptors (Lipinski definition) is 3. The molecule has 0 saturated carbocycles. The van der Waals surface area contributed by atoms with Crippen molar-refractivity contribution in [2.45, 2.75) is 6.04 Å². The summed E-state index contributed by atoms with van der Waals surface area (Å²) in [6.07, 6.45) is 3.87. The van der Waals surface area contributed by atoms with E-state index in [1.165, 1.54) is 5.56 Å². The van der Waals surface area contributed by atoms with Crippen molar-refractivity contribution in [3.63, 3.8) is 0 Å². The van der Waals surface area contributed by atoms with Gasteiger partial charge in [-0.15, -0.1) is 0 Å². The number of hydrogen-bond donors (Lipinski definition) is 2. The van der Waals surface area contributed by atoms with E-state index in [2.05, 4.69) is 9.88 Å². The van der Waals surface area contributed by atoms with Crippen LogP contribution < -0.4 is 5.73 Å². The molecule has 0 aromatic carbocycles. The van der Waals surface area contributed by atoms with Gasteiger partial charge in [-0.1, -0.05) is 0 Å². The van der Waals surface area contributed by atoms with E-state index in [9.17, 15) is 0 Å². The fourth-order valence-corrected chi connectivity index (χ4v) is 1.73. The van der Waals surface area contributed by atoms with E-state index in [0.29, 0.717) is 0 Å². The quantitative estimate of drug-likeness (QED) is 0.731. The van der Waals surface area contributed by atoms with Crippen LogP contribution in [0.4, 0.5) is 0 Å². The number of aromatic nitrogens is 1. The van der Waals surface area contributed by atoms with Gasteiger partial charge in [-0.25, -0.2) is 0 Å². The lowest BCUT2D eigenvalue weighted by Gasteiger charge is -2.28. The van der Waals surface area contributed by atoms with Gasteiger partial charge in [-0.2, -0.15) is 0 Å². The Kier molecular flexibility index (Phi) is 3.18. The fourth-order valence-electron chi connectivity index (χ4n) is 1.73. The highest BCUT2D eigenvalue weighted by atomic mass is 16.5. The Morgan fingerprint density at radius 3 is 2.93 bits per heavy atom. The number of nitrogens with zero attached hydrogens (tertiary/aromatic N) is 1. The minimum atomic E-state index is 0.111. The van der Waals surface area contributed by atoms with Crippen molar-refractivity contribution in [3.8, 4) is 0 Å². The summed E-state index contributed by atoms with van der Waals surface area (Å²) in [5, 5.41) is 0. The molecule has 1 aromatic rings. The topological polar surface area (TPSA) is 54.3 Å². The van der Waals surface area contributed by atoms with E-state index in [0.717, 1.165) is 32.8 Å². The van der Waals surface area contributed by atoms with Gasteiger partial charge < -0.3 is 15.5 Å². The predicted molar refractivity (Wildman–Crippen MR) is 55.0 cm³/mol. The molecule has 1 unspecified atom stereocenters. The normalized spacial score (nSPS) is 20.9. The molecule has 0 radical (unpaired) electrons. The monoisotopic (exact) mass is 195 g/mol. The van der Waals surface area contributed by atoms with Gasteiger partial charge in [0, 0.05) is 38.1 Å². The summed E-state index contributed by atoms with van der Waals surface area (Å²) in [4.78, 5) is 5.37. The van der Waals surface area contributed by atoms with Crippen molar-refractivity contribution in [2.24, 2.45) is 5.73 Å². The maximum Gasteiger partial charge on any atom is 0.0594 e. The van der Waals surface area contributed by atoms with Crippen molar-refractivity contribution in [1.29, 1.82) is 0 Å². The summed E-state index contributed by atoms with van der Waals surface area (Å²) in [5.74, 6) is 0. The maximum absolute atomic E-state index is 6.07. The van der Waals surface area contributed by atoms with Crippen LogP contribution >= 0.6 is 0 Å². The first-order chi connectivity index (χ1) is 6.86. The molecule has 0 bridgehead atoms. The molecule has 2 rings (SSSR count). The summed E-state index contributed by atoms with van der Waals surface area (Å²) in [6, 6.07) is 2.14. The number of H-pyrrole nitrogens is 1. The molecule has 78 valence electrons. The smallest absolute Gasteiger partial charge is 0.0594 e. The predicted octanol–water partition coefficient (Wildman–Crippen LogP) is 0.347. The zero-order valence-corrected chi connectivity index (χ0v) is 8.28. The molecular weight excluding hydrogens is 178 g/mol. The minimum absolute atomic E-state index is 0.111. The van der Waals surface area contributed by atoms with Crippen molar-refractivity contribution < 1.29 is 4.74 Å². The van der Waals surface area contributed by atoms with Gasteiger partial charge in [0.1, 0.15) is 0 Å². The summed E-state index contributed by atoms with van der Waals surface area (Å²) >= 11 is 0. The van der Waals surface area contributed by atoms with Crippen molar-refractivity contribution in [1.82, 2.24) is 9.88 Å². The van der Waals surface area contributed by atoms with Crippen molar-refractivity contribution in [2.75, 3.05) is 32.8 Å². The van der Waals surface area contributed by atoms with Crippen LogP contribution in [0.25, 0.3) is 0 Å². The molecule has 14 heavy (non-hydrogen) atoms. The molecule has 1 fully saturated rings. The van der Waals surface area contributed by atoms with Crippen LogP contribution in [0.3, 0.4) is 0 Å². The zero-order chi connectivity index (χ0) is 9.80. The van der Waals surface area contributed by atoms with E-state index in [1.807, 2.05) is 18.5 Å². The van der Waals surface area contributed by atoms with Gasteiger partial charge in [-0.3, -0.25) is 4.90 Å². The zero-order valence-electron chi connectivity index (χ0n) is 8.28. The van der Waals surface area contributed by atoms with Crippen LogP contribution in [0.2, 0.25) is 0 Å². The van der Waals surface area contributed by atoms with Crippen LogP contribution in [0.1, 0.15) is 11.6 Å². The second-order valence-electron chi connectivity index (χ2n) is 3.66. The first kappa shape index (κ1) is 9.71. The molecule has 0 aliphatic carbocycles. The lowest BCUT2D eigenvalue weighted by molar-refractivity contribution is 0.0352. The van der Waals surface area contributed by atoms with Gasteiger partial charge in [0.2, 0.25) is 0 Å². The van der Waals surface area contributed by atoms with Crippen LogP contribution in [-0.2, 0) is 4.74 Å². The van der Waals surface area contributed by atoms with E-state index in [1.54, 1.807) is 0 Å². The molecular formula is C10H17N3O. The first-order valence-electron chi connectivity index (χ1n) is 5.04. The molecule has 0 amide bonds. The highest BCUT2D eigenvalue weighted by molar-refractivity contribution is 5.13. The molecule has 2 heterocycles. The molecule has 1 aromatic heterocycles. The van der Waals surface area contributed by atoms with E-state index >= 15 is 0 Å². The van der Waals surface area contributed by atoms with Crippen LogP contribution in [0.5, 0.6) is 0 Å². The summed E-state index contributed by atoms with van der Waals surface area (Å²) in [7, 11) is 0. The maximum atomic E-state index is 6.07. The summed E-state index contributed by atoms with van der Waals surface area (Å²) < 4.78 is 5.28. The van der Waals surface area contributed by atoms with Gasteiger partial charge in [0.05, 0.1) is 13.2 Å². The summed E-state index contributed by atoms with van der Waals surface area (Å²) in [6.45, 7) is 4.58. The second kappa shape index (κ2) is 4.59. The Hall–Kier alpha value is -0.840. The molecule has 1 saturated heterocycles. The molecule has 0 spiro atoms. The lowest BCUT2D eigenvalue weighted by Crippen LogP contribution is -2.40. The minimum Gasteiger partial charge on any atom is -0.379 e. The average molecular weight is 195 g/mol. The molecule has 4 heteroatoms. The van der Waals surface area contributed by atoms with Crippen molar-refractivity contribution in [3.05, 3.63) is 24.0 Å². The van der Waals surface area contributed by atoms with Crippen LogP contribution in [0, 0.1) is 0 Å². The number of rotatable bonds is 3. The second-order valence-corrected chi connectivity index (χ2v) is 3.66.